The van der Waals surface area contributed by atoms with Gasteiger partial charge < -0.3 is 24.2 Å². The molecule has 0 saturated carbocycles. The molecule has 1 atom stereocenters. The molecule has 4 rings (SSSR count). The first-order valence-electron chi connectivity index (χ1n) is 12.1. The van der Waals surface area contributed by atoms with Gasteiger partial charge in [-0.1, -0.05) is 30.3 Å². The summed E-state index contributed by atoms with van der Waals surface area (Å²) in [6, 6.07) is 18.9. The van der Waals surface area contributed by atoms with Crippen molar-refractivity contribution in [2.45, 2.75) is 39.5 Å². The van der Waals surface area contributed by atoms with Gasteiger partial charge in [-0.15, -0.1) is 0 Å². The Morgan fingerprint density at radius 3 is 2.35 bits per heavy atom. The lowest BCUT2D eigenvalue weighted by Gasteiger charge is -2.26. The largest absolute Gasteiger partial charge is 0.507 e. The predicted molar refractivity (Wildman–Crippen MR) is 141 cm³/mol. The number of aliphatic hydroxyl groups excluding tert-OH is 1. The third kappa shape index (κ3) is 5.16. The zero-order valence-electron chi connectivity index (χ0n) is 21.6. The fourth-order valence-corrected chi connectivity index (χ4v) is 4.62. The normalized spacial score (nSPS) is 16.8. The Bertz CT molecular complexity index is 1360. The summed E-state index contributed by atoms with van der Waals surface area (Å²) in [7, 11) is 3.13. The lowest BCUT2D eigenvalue weighted by atomic mass is 9.94. The second kappa shape index (κ2) is 10.8. The van der Waals surface area contributed by atoms with Crippen molar-refractivity contribution in [2.24, 2.45) is 0 Å². The van der Waals surface area contributed by atoms with Gasteiger partial charge in [0.05, 0.1) is 38.5 Å². The van der Waals surface area contributed by atoms with Gasteiger partial charge in [-0.05, 0) is 68.3 Å². The van der Waals surface area contributed by atoms with Gasteiger partial charge in [0.2, 0.25) is 0 Å². The van der Waals surface area contributed by atoms with Crippen LogP contribution >= 0.6 is 0 Å². The molecule has 0 aliphatic carbocycles. The molecular weight excluding hydrogens is 470 g/mol. The molecule has 1 fully saturated rings. The van der Waals surface area contributed by atoms with E-state index in [4.69, 9.17) is 14.2 Å². The Hall–Kier alpha value is -4.26. The van der Waals surface area contributed by atoms with Crippen LogP contribution < -0.4 is 14.2 Å². The number of aliphatic hydroxyl groups is 1. The summed E-state index contributed by atoms with van der Waals surface area (Å²) in [5, 5.41) is 11.4. The van der Waals surface area contributed by atoms with Gasteiger partial charge in [-0.3, -0.25) is 9.59 Å². The van der Waals surface area contributed by atoms with Crippen LogP contribution in [0.25, 0.3) is 5.76 Å². The quantitative estimate of drug-likeness (QED) is 0.252. The number of hydrogen-bond acceptors (Lipinski definition) is 6. The Kier molecular flexibility index (Phi) is 7.53. The number of aryl methyl sites for hydroxylation is 1. The van der Waals surface area contributed by atoms with Gasteiger partial charge in [-0.25, -0.2) is 0 Å². The van der Waals surface area contributed by atoms with E-state index < -0.39 is 17.7 Å². The first kappa shape index (κ1) is 25.8. The molecule has 192 valence electrons. The first-order chi connectivity index (χ1) is 17.7. The summed E-state index contributed by atoms with van der Waals surface area (Å²) in [5.74, 6) is 0.176. The zero-order valence-corrected chi connectivity index (χ0v) is 21.6. The van der Waals surface area contributed by atoms with Crippen LogP contribution in [0.15, 0.2) is 72.3 Å². The number of carbonyl (C=O) groups is 2. The number of amides is 1. The van der Waals surface area contributed by atoms with Gasteiger partial charge >= 0.3 is 0 Å². The third-order valence-corrected chi connectivity index (χ3v) is 6.29. The van der Waals surface area contributed by atoms with E-state index in [0.29, 0.717) is 28.4 Å². The van der Waals surface area contributed by atoms with Crippen molar-refractivity contribution in [1.82, 2.24) is 4.90 Å². The molecule has 1 heterocycles. The Labute approximate surface area is 216 Å². The SMILES string of the molecule is COc1ccc(/C(O)=C2\C(=O)C(=O)N(Cc3ccccc3OC)C2c2cccc(OC(C)C)c2)cc1C. The van der Waals surface area contributed by atoms with Crippen LogP contribution in [0, 0.1) is 6.92 Å². The molecule has 1 aliphatic heterocycles. The minimum atomic E-state index is -0.831. The molecule has 0 spiro atoms. The molecule has 1 N–H and O–H groups in total. The highest BCUT2D eigenvalue weighted by Gasteiger charge is 2.46. The van der Waals surface area contributed by atoms with E-state index in [-0.39, 0.29) is 24.0 Å². The number of methoxy groups -OCH3 is 2. The van der Waals surface area contributed by atoms with E-state index >= 15 is 0 Å². The smallest absolute Gasteiger partial charge is 0.295 e. The average molecular weight is 502 g/mol. The topological polar surface area (TPSA) is 85.3 Å². The fourth-order valence-electron chi connectivity index (χ4n) is 4.62. The van der Waals surface area contributed by atoms with Crippen LogP contribution in [0.1, 0.15) is 42.1 Å². The zero-order chi connectivity index (χ0) is 26.7. The molecule has 1 unspecified atom stereocenters. The van der Waals surface area contributed by atoms with Crippen molar-refractivity contribution in [3.63, 3.8) is 0 Å². The van der Waals surface area contributed by atoms with Gasteiger partial charge in [0, 0.05) is 11.1 Å². The van der Waals surface area contributed by atoms with Gasteiger partial charge in [-0.2, -0.15) is 0 Å². The third-order valence-electron chi connectivity index (χ3n) is 6.29. The Balaban J connectivity index is 1.88. The van der Waals surface area contributed by atoms with E-state index in [1.165, 1.54) is 4.90 Å². The summed E-state index contributed by atoms with van der Waals surface area (Å²) in [5.41, 5.74) is 2.63. The molecule has 7 heteroatoms. The summed E-state index contributed by atoms with van der Waals surface area (Å²) in [6.45, 7) is 5.81. The highest BCUT2D eigenvalue weighted by atomic mass is 16.5. The Morgan fingerprint density at radius 1 is 0.946 bits per heavy atom. The maximum atomic E-state index is 13.4. The van der Waals surface area contributed by atoms with Crippen molar-refractivity contribution < 1.29 is 28.9 Å². The van der Waals surface area contributed by atoms with Crippen LogP contribution in [-0.4, -0.2) is 42.0 Å². The monoisotopic (exact) mass is 501 g/mol. The second-order valence-electron chi connectivity index (χ2n) is 9.16. The van der Waals surface area contributed by atoms with Crippen molar-refractivity contribution in [3.05, 3.63) is 94.6 Å². The molecule has 0 aromatic heterocycles. The molecule has 0 radical (unpaired) electrons. The van der Waals surface area contributed by atoms with E-state index in [0.717, 1.165) is 11.1 Å². The molecule has 3 aromatic rings. The number of likely N-dealkylation sites (tertiary alicyclic amines) is 1. The minimum absolute atomic E-state index is 0.0196. The summed E-state index contributed by atoms with van der Waals surface area (Å²) in [4.78, 5) is 28.3. The number of hydrogen-bond donors (Lipinski definition) is 1. The molecular formula is C30H31NO6. The lowest BCUT2D eigenvalue weighted by Crippen LogP contribution is -2.29. The van der Waals surface area contributed by atoms with Crippen molar-refractivity contribution in [2.75, 3.05) is 14.2 Å². The molecule has 3 aromatic carbocycles. The van der Waals surface area contributed by atoms with Crippen LogP contribution in [0.5, 0.6) is 17.2 Å². The van der Waals surface area contributed by atoms with Crippen LogP contribution in [0.4, 0.5) is 0 Å². The number of ether oxygens (including phenoxy) is 3. The maximum Gasteiger partial charge on any atom is 0.295 e. The van der Waals surface area contributed by atoms with Gasteiger partial charge in [0.15, 0.2) is 0 Å². The lowest BCUT2D eigenvalue weighted by molar-refractivity contribution is -0.140. The number of para-hydroxylation sites is 1. The van der Waals surface area contributed by atoms with Crippen molar-refractivity contribution in [1.29, 1.82) is 0 Å². The number of Topliss-reactive ketones (excluding diaryl/α,β-unsaturated/α-hetero) is 1. The molecule has 1 saturated heterocycles. The first-order valence-corrected chi connectivity index (χ1v) is 12.1. The standard InChI is InChI=1S/C30H31NO6/c1-18(2)37-23-11-8-10-20(16-23)27-26(28(32)21-13-14-24(35-4)19(3)15-21)29(33)30(34)31(27)17-22-9-6-7-12-25(22)36-5/h6-16,18,27,32H,17H2,1-5H3/b28-26+. The van der Waals surface area contributed by atoms with Crippen molar-refractivity contribution >= 4 is 17.4 Å². The Morgan fingerprint density at radius 2 is 1.68 bits per heavy atom. The van der Waals surface area contributed by atoms with E-state index in [9.17, 15) is 14.7 Å². The highest BCUT2D eigenvalue weighted by molar-refractivity contribution is 6.46. The summed E-state index contributed by atoms with van der Waals surface area (Å²) < 4.78 is 16.7. The van der Waals surface area contributed by atoms with Gasteiger partial charge in [0.1, 0.15) is 23.0 Å². The van der Waals surface area contributed by atoms with Crippen LogP contribution in [0.2, 0.25) is 0 Å². The predicted octanol–water partition coefficient (Wildman–Crippen LogP) is 5.42. The highest BCUT2D eigenvalue weighted by Crippen LogP contribution is 2.42. The molecule has 37 heavy (non-hydrogen) atoms. The molecule has 1 aliphatic rings. The van der Waals surface area contributed by atoms with Crippen LogP contribution in [0.3, 0.4) is 0 Å². The maximum absolute atomic E-state index is 13.4. The fraction of sp³-hybridized carbons (Fsp3) is 0.267. The molecule has 0 bridgehead atoms. The average Bonchev–Trinajstić information content (AvgIpc) is 3.13. The second-order valence-corrected chi connectivity index (χ2v) is 9.16. The number of nitrogens with zero attached hydrogens (tertiary/aromatic N) is 1. The number of benzene rings is 3. The minimum Gasteiger partial charge on any atom is -0.507 e. The number of carbonyl (C=O) groups excluding carboxylic acids is 2. The van der Waals surface area contributed by atoms with Crippen molar-refractivity contribution in [3.8, 4) is 17.2 Å². The summed E-state index contributed by atoms with van der Waals surface area (Å²) in [6.07, 6.45) is -0.0579. The van der Waals surface area contributed by atoms with E-state index in [1.807, 2.05) is 57.2 Å². The summed E-state index contributed by atoms with van der Waals surface area (Å²) >= 11 is 0. The number of rotatable bonds is 8. The van der Waals surface area contributed by atoms with E-state index in [2.05, 4.69) is 0 Å². The van der Waals surface area contributed by atoms with Crippen LogP contribution in [-0.2, 0) is 16.1 Å². The number of ketones is 1. The van der Waals surface area contributed by atoms with Gasteiger partial charge in [0.25, 0.3) is 11.7 Å². The van der Waals surface area contributed by atoms with E-state index in [1.54, 1.807) is 44.6 Å². The molecule has 7 nitrogen and oxygen atoms in total. The molecule has 1 amide bonds.